The van der Waals surface area contributed by atoms with E-state index in [1.165, 1.54) is 0 Å². The van der Waals surface area contributed by atoms with Gasteiger partial charge in [0.05, 0.1) is 0 Å². The van der Waals surface area contributed by atoms with Crippen LogP contribution in [0.3, 0.4) is 0 Å². The molecule has 1 aliphatic rings. The fourth-order valence-corrected chi connectivity index (χ4v) is 1.84. The van der Waals surface area contributed by atoms with E-state index in [-0.39, 0.29) is 0 Å². The third-order valence-corrected chi connectivity index (χ3v) is 2.55. The Morgan fingerprint density at radius 3 is 2.71 bits per heavy atom. The monoisotopic (exact) mass is 112 g/mol. The first-order chi connectivity index (χ1) is 3.39. The number of hydrogen-bond donors (Lipinski definition) is 0. The molecule has 0 unspecified atom stereocenters. The second-order valence-corrected chi connectivity index (χ2v) is 3.53. The standard InChI is InChI=1S/C5H8OSi/c6-7-4-2-1-3-5-7/h2,4H,1,3,5H2. The zero-order valence-corrected chi connectivity index (χ0v) is 5.18. The number of rotatable bonds is 0. The minimum atomic E-state index is -1.22. The molecule has 0 radical (unpaired) electrons. The predicted octanol–water partition coefficient (Wildman–Crippen LogP) is 1.30. The Balaban J connectivity index is 2.51. The smallest absolute Gasteiger partial charge is 0.303 e. The molecule has 0 aromatic heterocycles. The Labute approximate surface area is 44.7 Å². The summed E-state index contributed by atoms with van der Waals surface area (Å²) in [6.07, 6.45) is 4.29. The summed E-state index contributed by atoms with van der Waals surface area (Å²) in [6, 6.07) is 0.946. The van der Waals surface area contributed by atoms with Crippen LogP contribution in [-0.2, 0) is 4.46 Å². The van der Waals surface area contributed by atoms with Gasteiger partial charge in [0.15, 0.2) is 0 Å². The van der Waals surface area contributed by atoms with Crippen molar-refractivity contribution in [1.29, 1.82) is 0 Å². The van der Waals surface area contributed by atoms with E-state index in [0.717, 1.165) is 18.9 Å². The molecule has 1 aliphatic heterocycles. The SMILES string of the molecule is O=[Si]1C=CCCC1. The van der Waals surface area contributed by atoms with Gasteiger partial charge < -0.3 is 4.46 Å². The zero-order valence-electron chi connectivity index (χ0n) is 4.18. The van der Waals surface area contributed by atoms with E-state index < -0.39 is 8.68 Å². The first-order valence-corrected chi connectivity index (χ1v) is 4.28. The van der Waals surface area contributed by atoms with Crippen molar-refractivity contribution in [1.82, 2.24) is 0 Å². The van der Waals surface area contributed by atoms with Crippen LogP contribution in [0, 0.1) is 0 Å². The third kappa shape index (κ3) is 1.35. The molecule has 0 spiro atoms. The largest absolute Gasteiger partial charge is 0.383 e. The first-order valence-electron chi connectivity index (χ1n) is 2.59. The Morgan fingerprint density at radius 1 is 1.57 bits per heavy atom. The maximum Gasteiger partial charge on any atom is 0.303 e. The summed E-state index contributed by atoms with van der Waals surface area (Å²) in [6.45, 7) is 0. The maximum absolute atomic E-state index is 10.6. The second-order valence-electron chi connectivity index (χ2n) is 1.76. The Kier molecular flexibility index (Phi) is 1.52. The molecule has 1 heterocycles. The van der Waals surface area contributed by atoms with Gasteiger partial charge in [0.2, 0.25) is 0 Å². The lowest BCUT2D eigenvalue weighted by molar-refractivity contribution is 0.563. The van der Waals surface area contributed by atoms with Gasteiger partial charge in [0.25, 0.3) is 0 Å². The van der Waals surface area contributed by atoms with Crippen LogP contribution in [0.15, 0.2) is 11.8 Å². The molecule has 0 aromatic rings. The lowest BCUT2D eigenvalue weighted by Gasteiger charge is -1.95. The average molecular weight is 112 g/mol. The van der Waals surface area contributed by atoms with Crippen LogP contribution in [0.1, 0.15) is 12.8 Å². The molecular formula is C5H8OSi. The molecule has 1 nitrogen and oxygen atoms in total. The van der Waals surface area contributed by atoms with E-state index in [1.807, 2.05) is 11.8 Å². The average Bonchev–Trinajstić information content (AvgIpc) is 1.69. The Bertz CT molecular complexity index is 107. The Hall–Kier alpha value is -0.243. The van der Waals surface area contributed by atoms with Crippen molar-refractivity contribution < 1.29 is 4.46 Å². The van der Waals surface area contributed by atoms with Crippen LogP contribution < -0.4 is 0 Å². The molecular weight excluding hydrogens is 104 g/mol. The summed E-state index contributed by atoms with van der Waals surface area (Å²) in [4.78, 5) is 0. The molecule has 2 heteroatoms. The second kappa shape index (κ2) is 2.16. The molecule has 7 heavy (non-hydrogen) atoms. The minimum absolute atomic E-state index is 0.946. The van der Waals surface area contributed by atoms with Gasteiger partial charge in [-0.05, 0) is 24.6 Å². The topological polar surface area (TPSA) is 17.1 Å². The maximum atomic E-state index is 10.6. The van der Waals surface area contributed by atoms with E-state index in [9.17, 15) is 4.46 Å². The van der Waals surface area contributed by atoms with Crippen LogP contribution >= 0.6 is 0 Å². The highest BCUT2D eigenvalue weighted by atomic mass is 28.3. The van der Waals surface area contributed by atoms with E-state index in [0.29, 0.717) is 0 Å². The minimum Gasteiger partial charge on any atom is -0.383 e. The highest BCUT2D eigenvalue weighted by molar-refractivity contribution is 6.49. The van der Waals surface area contributed by atoms with Crippen LogP contribution in [0.2, 0.25) is 6.04 Å². The quantitative estimate of drug-likeness (QED) is 0.432. The van der Waals surface area contributed by atoms with Gasteiger partial charge in [-0.1, -0.05) is 6.08 Å². The van der Waals surface area contributed by atoms with Crippen molar-refractivity contribution in [3.8, 4) is 0 Å². The first kappa shape index (κ1) is 4.90. The predicted molar refractivity (Wildman–Crippen MR) is 29.6 cm³/mol. The summed E-state index contributed by atoms with van der Waals surface area (Å²) in [5.74, 6) is 0. The van der Waals surface area contributed by atoms with Gasteiger partial charge in [-0.15, -0.1) is 0 Å². The van der Waals surface area contributed by atoms with E-state index >= 15 is 0 Å². The molecule has 0 saturated carbocycles. The molecule has 0 bridgehead atoms. The molecule has 0 fully saturated rings. The molecule has 0 atom stereocenters. The lowest BCUT2D eigenvalue weighted by Crippen LogP contribution is -1.97. The molecule has 38 valence electrons. The van der Waals surface area contributed by atoms with Crippen molar-refractivity contribution in [3.05, 3.63) is 11.8 Å². The summed E-state index contributed by atoms with van der Waals surface area (Å²) >= 11 is 0. The van der Waals surface area contributed by atoms with E-state index in [4.69, 9.17) is 0 Å². The van der Waals surface area contributed by atoms with Gasteiger partial charge in [-0.2, -0.15) is 0 Å². The zero-order chi connectivity index (χ0) is 5.11. The van der Waals surface area contributed by atoms with Crippen LogP contribution in [-0.4, -0.2) is 8.68 Å². The van der Waals surface area contributed by atoms with Crippen molar-refractivity contribution in [2.75, 3.05) is 0 Å². The van der Waals surface area contributed by atoms with Crippen LogP contribution in [0.4, 0.5) is 0 Å². The van der Waals surface area contributed by atoms with E-state index in [1.54, 1.807) is 0 Å². The van der Waals surface area contributed by atoms with Gasteiger partial charge in [-0.3, -0.25) is 0 Å². The normalized spacial score (nSPS) is 20.3. The number of hydrogen-bond acceptors (Lipinski definition) is 1. The van der Waals surface area contributed by atoms with Gasteiger partial charge in [0.1, 0.15) is 0 Å². The van der Waals surface area contributed by atoms with Crippen LogP contribution in [0.5, 0.6) is 0 Å². The molecule has 0 aliphatic carbocycles. The summed E-state index contributed by atoms with van der Waals surface area (Å²) in [7, 11) is -1.22. The van der Waals surface area contributed by atoms with E-state index in [2.05, 4.69) is 0 Å². The highest BCUT2D eigenvalue weighted by Gasteiger charge is 2.01. The summed E-state index contributed by atoms with van der Waals surface area (Å²) < 4.78 is 10.6. The highest BCUT2D eigenvalue weighted by Crippen LogP contribution is 2.04. The van der Waals surface area contributed by atoms with Crippen molar-refractivity contribution >= 4 is 8.68 Å². The molecule has 0 amide bonds. The van der Waals surface area contributed by atoms with Gasteiger partial charge >= 0.3 is 8.68 Å². The van der Waals surface area contributed by atoms with Crippen molar-refractivity contribution in [2.45, 2.75) is 18.9 Å². The number of allylic oxidation sites excluding steroid dienone is 1. The Morgan fingerprint density at radius 2 is 2.43 bits per heavy atom. The fraction of sp³-hybridized carbons (Fsp3) is 0.600. The third-order valence-electron chi connectivity index (χ3n) is 1.10. The molecule has 1 rings (SSSR count). The van der Waals surface area contributed by atoms with Crippen LogP contribution in [0.25, 0.3) is 0 Å². The summed E-state index contributed by atoms with van der Waals surface area (Å²) in [5, 5.41) is 0. The van der Waals surface area contributed by atoms with Crippen molar-refractivity contribution in [2.24, 2.45) is 0 Å². The molecule has 0 aromatic carbocycles. The lowest BCUT2D eigenvalue weighted by atomic mass is 10.3. The molecule has 0 saturated heterocycles. The van der Waals surface area contributed by atoms with Gasteiger partial charge in [0, 0.05) is 0 Å². The van der Waals surface area contributed by atoms with Gasteiger partial charge in [-0.25, -0.2) is 0 Å². The molecule has 0 N–H and O–H groups in total. The summed E-state index contributed by atoms with van der Waals surface area (Å²) in [5.41, 5.74) is 1.86. The van der Waals surface area contributed by atoms with Crippen molar-refractivity contribution in [3.63, 3.8) is 0 Å². The fourth-order valence-electron chi connectivity index (χ4n) is 0.692.